The zero-order chi connectivity index (χ0) is 13.1. The molecule has 6 heteroatoms. The van der Waals surface area contributed by atoms with E-state index in [1.807, 2.05) is 0 Å². The predicted molar refractivity (Wildman–Crippen MR) is 62.1 cm³/mol. The quantitative estimate of drug-likeness (QED) is 0.908. The van der Waals surface area contributed by atoms with Crippen LogP contribution in [-0.4, -0.2) is 18.2 Å². The fourth-order valence-corrected chi connectivity index (χ4v) is 1.42. The van der Waals surface area contributed by atoms with Crippen molar-refractivity contribution in [1.29, 1.82) is 0 Å². The van der Waals surface area contributed by atoms with Gasteiger partial charge in [0, 0.05) is 12.1 Å². The number of nitrogens with one attached hydrogen (secondary N) is 1. The maximum Gasteiger partial charge on any atom is 0.294 e. The fraction of sp³-hybridized carbons (Fsp3) is 0.167. The van der Waals surface area contributed by atoms with Crippen LogP contribution in [0.3, 0.4) is 0 Å². The summed E-state index contributed by atoms with van der Waals surface area (Å²) < 4.78 is 22.8. The highest BCUT2D eigenvalue weighted by molar-refractivity contribution is 6.03. The first-order valence-electron chi connectivity index (χ1n) is 5.18. The Morgan fingerprint density at radius 1 is 1.44 bits per heavy atom. The van der Waals surface area contributed by atoms with E-state index in [0.717, 1.165) is 0 Å². The Hall–Kier alpha value is -2.37. The van der Waals surface area contributed by atoms with Gasteiger partial charge >= 0.3 is 0 Å². The predicted octanol–water partition coefficient (Wildman–Crippen LogP) is 2.38. The van der Waals surface area contributed by atoms with Crippen molar-refractivity contribution in [2.24, 2.45) is 0 Å². The Labute approximate surface area is 103 Å². The number of anilines is 1. The zero-order valence-electron chi connectivity index (χ0n) is 9.86. The van der Waals surface area contributed by atoms with Crippen LogP contribution in [-0.2, 0) is 0 Å². The van der Waals surface area contributed by atoms with Crippen molar-refractivity contribution in [3.8, 4) is 5.75 Å². The maximum atomic E-state index is 13.0. The number of hydrogen-bond acceptors (Lipinski definition) is 4. The Bertz CT molecular complexity index is 580. The van der Waals surface area contributed by atoms with Crippen LogP contribution < -0.4 is 10.1 Å². The van der Waals surface area contributed by atoms with Crippen LogP contribution in [0.1, 0.15) is 16.2 Å². The minimum Gasteiger partial charge on any atom is -0.494 e. The van der Waals surface area contributed by atoms with Crippen molar-refractivity contribution in [3.05, 3.63) is 41.5 Å². The highest BCUT2D eigenvalue weighted by atomic mass is 19.1. The molecule has 1 amide bonds. The minimum absolute atomic E-state index is 0.0823. The van der Waals surface area contributed by atoms with E-state index < -0.39 is 11.7 Å². The van der Waals surface area contributed by atoms with Crippen LogP contribution >= 0.6 is 0 Å². The molecule has 1 aromatic heterocycles. The van der Waals surface area contributed by atoms with E-state index in [1.165, 1.54) is 31.4 Å². The lowest BCUT2D eigenvalue weighted by atomic mass is 10.2. The van der Waals surface area contributed by atoms with Crippen LogP contribution in [0.5, 0.6) is 5.75 Å². The van der Waals surface area contributed by atoms with E-state index in [1.54, 1.807) is 6.92 Å². The molecule has 0 spiro atoms. The normalized spacial score (nSPS) is 10.2. The van der Waals surface area contributed by atoms with Crippen molar-refractivity contribution >= 4 is 11.6 Å². The van der Waals surface area contributed by atoms with Crippen LogP contribution in [0.25, 0.3) is 0 Å². The van der Waals surface area contributed by atoms with Gasteiger partial charge in [0.2, 0.25) is 5.76 Å². The first-order chi connectivity index (χ1) is 8.60. The third kappa shape index (κ3) is 2.48. The second-order valence-electron chi connectivity index (χ2n) is 3.63. The summed E-state index contributed by atoms with van der Waals surface area (Å²) in [6.07, 6.45) is 0. The first kappa shape index (κ1) is 12.1. The summed E-state index contributed by atoms with van der Waals surface area (Å²) in [5, 5.41) is 6.16. The van der Waals surface area contributed by atoms with Crippen molar-refractivity contribution < 1.29 is 18.4 Å². The van der Waals surface area contributed by atoms with Gasteiger partial charge in [-0.1, -0.05) is 5.16 Å². The van der Waals surface area contributed by atoms with E-state index in [0.29, 0.717) is 11.4 Å². The molecule has 0 radical (unpaired) electrons. The number of amides is 1. The summed E-state index contributed by atoms with van der Waals surface area (Å²) >= 11 is 0. The van der Waals surface area contributed by atoms with Crippen LogP contribution in [0.4, 0.5) is 10.1 Å². The smallest absolute Gasteiger partial charge is 0.294 e. The average molecular weight is 250 g/mol. The van der Waals surface area contributed by atoms with Gasteiger partial charge in [-0.2, -0.15) is 0 Å². The summed E-state index contributed by atoms with van der Waals surface area (Å²) in [5.41, 5.74) is 0.962. The molecule has 2 aromatic rings. The number of nitrogens with zero attached hydrogens (tertiary/aromatic N) is 1. The van der Waals surface area contributed by atoms with Crippen LogP contribution in [0.15, 0.2) is 28.8 Å². The standard InChI is InChI=1S/C12H11FN2O3/c1-7-5-11(18-15-7)12(16)14-9-4-3-8(13)6-10(9)17-2/h3-6H,1-2H3,(H,14,16). The molecular weight excluding hydrogens is 239 g/mol. The van der Waals surface area contributed by atoms with Crippen molar-refractivity contribution in [1.82, 2.24) is 5.16 Å². The molecule has 0 atom stereocenters. The lowest BCUT2D eigenvalue weighted by Gasteiger charge is -2.08. The molecule has 0 unspecified atom stereocenters. The van der Waals surface area contributed by atoms with E-state index in [9.17, 15) is 9.18 Å². The molecule has 0 aliphatic heterocycles. The fourth-order valence-electron chi connectivity index (χ4n) is 1.42. The van der Waals surface area contributed by atoms with Gasteiger partial charge < -0.3 is 14.6 Å². The van der Waals surface area contributed by atoms with Crippen molar-refractivity contribution in [2.45, 2.75) is 6.92 Å². The average Bonchev–Trinajstić information content (AvgIpc) is 2.78. The highest BCUT2D eigenvalue weighted by Crippen LogP contribution is 2.25. The largest absolute Gasteiger partial charge is 0.494 e. The number of rotatable bonds is 3. The van der Waals surface area contributed by atoms with Gasteiger partial charge in [0.15, 0.2) is 0 Å². The molecule has 1 N–H and O–H groups in total. The highest BCUT2D eigenvalue weighted by Gasteiger charge is 2.14. The Kier molecular flexibility index (Phi) is 3.27. The van der Waals surface area contributed by atoms with Gasteiger partial charge in [0.05, 0.1) is 18.5 Å². The molecule has 0 aliphatic rings. The molecule has 0 saturated heterocycles. The van der Waals surface area contributed by atoms with Crippen LogP contribution in [0.2, 0.25) is 0 Å². The van der Waals surface area contributed by atoms with Gasteiger partial charge in [0.1, 0.15) is 11.6 Å². The second-order valence-corrected chi connectivity index (χ2v) is 3.63. The third-order valence-electron chi connectivity index (χ3n) is 2.26. The third-order valence-corrected chi connectivity index (χ3v) is 2.26. The number of aromatic nitrogens is 1. The molecule has 2 rings (SSSR count). The SMILES string of the molecule is COc1cc(F)ccc1NC(=O)c1cc(C)no1. The number of hydrogen-bond donors (Lipinski definition) is 1. The Balaban J connectivity index is 2.21. The first-order valence-corrected chi connectivity index (χ1v) is 5.18. The zero-order valence-corrected chi connectivity index (χ0v) is 9.86. The number of halogens is 1. The summed E-state index contributed by atoms with van der Waals surface area (Å²) in [4.78, 5) is 11.8. The van der Waals surface area contributed by atoms with Gasteiger partial charge in [-0.05, 0) is 19.1 Å². The maximum absolute atomic E-state index is 13.0. The second kappa shape index (κ2) is 4.87. The van der Waals surface area contributed by atoms with Crippen molar-refractivity contribution in [3.63, 3.8) is 0 Å². The summed E-state index contributed by atoms with van der Waals surface area (Å²) in [7, 11) is 1.39. The summed E-state index contributed by atoms with van der Waals surface area (Å²) in [6, 6.07) is 5.33. The van der Waals surface area contributed by atoms with E-state index in [2.05, 4.69) is 10.5 Å². The minimum atomic E-state index is -0.472. The lowest BCUT2D eigenvalue weighted by Crippen LogP contribution is -2.11. The molecule has 18 heavy (non-hydrogen) atoms. The van der Waals surface area contributed by atoms with E-state index in [-0.39, 0.29) is 11.5 Å². The van der Waals surface area contributed by atoms with Gasteiger partial charge in [-0.25, -0.2) is 4.39 Å². The van der Waals surface area contributed by atoms with Gasteiger partial charge in [-0.3, -0.25) is 4.79 Å². The van der Waals surface area contributed by atoms with Crippen molar-refractivity contribution in [2.75, 3.05) is 12.4 Å². The number of carbonyl (C=O) groups excluding carboxylic acids is 1. The molecule has 1 heterocycles. The molecule has 0 saturated carbocycles. The molecule has 1 aromatic carbocycles. The molecule has 5 nitrogen and oxygen atoms in total. The molecule has 0 bridgehead atoms. The van der Waals surface area contributed by atoms with Gasteiger partial charge in [0.25, 0.3) is 5.91 Å². The van der Waals surface area contributed by atoms with Crippen LogP contribution in [0, 0.1) is 12.7 Å². The molecular formula is C12H11FN2O3. The Morgan fingerprint density at radius 3 is 2.83 bits per heavy atom. The number of methoxy groups -OCH3 is 1. The monoisotopic (exact) mass is 250 g/mol. The molecule has 0 aliphatic carbocycles. The van der Waals surface area contributed by atoms with E-state index in [4.69, 9.17) is 9.26 Å². The number of carbonyl (C=O) groups is 1. The number of ether oxygens (including phenoxy) is 1. The topological polar surface area (TPSA) is 64.4 Å². The summed E-state index contributed by atoms with van der Waals surface area (Å²) in [6.45, 7) is 1.71. The number of benzene rings is 1. The molecule has 94 valence electrons. The van der Waals surface area contributed by atoms with Gasteiger partial charge in [-0.15, -0.1) is 0 Å². The lowest BCUT2D eigenvalue weighted by molar-refractivity contribution is 0.0987. The Morgan fingerprint density at radius 2 is 2.22 bits per heavy atom. The van der Waals surface area contributed by atoms with E-state index >= 15 is 0 Å². The summed E-state index contributed by atoms with van der Waals surface area (Å²) in [5.74, 6) is -0.598. The number of aryl methyl sites for hydroxylation is 1. The molecule has 0 fully saturated rings.